The summed E-state index contributed by atoms with van der Waals surface area (Å²) in [4.78, 5) is 11.2. The van der Waals surface area contributed by atoms with E-state index in [9.17, 15) is 8.42 Å². The van der Waals surface area contributed by atoms with Gasteiger partial charge in [-0.05, 0) is 51.0 Å². The van der Waals surface area contributed by atoms with E-state index < -0.39 is 15.6 Å². The highest BCUT2D eigenvalue weighted by Gasteiger charge is 2.27. The molecule has 11 heteroatoms. The molecule has 10 nitrogen and oxygen atoms in total. The van der Waals surface area contributed by atoms with Crippen LogP contribution in [0.15, 0.2) is 35.4 Å². The summed E-state index contributed by atoms with van der Waals surface area (Å²) in [5, 5.41) is 0. The van der Waals surface area contributed by atoms with Crippen LogP contribution in [0.4, 0.5) is 5.95 Å². The molecular formula is C24H34N6O4S. The summed E-state index contributed by atoms with van der Waals surface area (Å²) in [5.74, 6) is 0.508. The zero-order valence-electron chi connectivity index (χ0n) is 20.7. The second-order valence-corrected chi connectivity index (χ2v) is 11.4. The standard InChI is InChI=1S/C24H34N6O4S/c1-24(2,3)28-35(31,32)21-15-18(16-26-22(21)33-4)17-6-7-19-20(14-17)30(23(25)27-19)9-5-8-29-10-12-34-13-11-29/h6-7,14-16,28H,5,8-13H2,1-4H3,(H2,25,27). The van der Waals surface area contributed by atoms with Crippen molar-refractivity contribution in [2.24, 2.45) is 0 Å². The molecule has 0 saturated carbocycles. The van der Waals surface area contributed by atoms with Crippen LogP contribution in [-0.2, 0) is 21.3 Å². The molecule has 190 valence electrons. The summed E-state index contributed by atoms with van der Waals surface area (Å²) in [6.45, 7) is 10.5. The van der Waals surface area contributed by atoms with Crippen molar-refractivity contribution >= 4 is 27.0 Å². The summed E-state index contributed by atoms with van der Waals surface area (Å²) >= 11 is 0. The number of hydrogen-bond acceptors (Lipinski definition) is 8. The Balaban J connectivity index is 1.64. The van der Waals surface area contributed by atoms with Gasteiger partial charge in [-0.15, -0.1) is 0 Å². The molecule has 0 radical (unpaired) electrons. The Hall–Kier alpha value is -2.73. The molecule has 0 spiro atoms. The van der Waals surface area contributed by atoms with Gasteiger partial charge in [-0.1, -0.05) is 6.07 Å². The van der Waals surface area contributed by atoms with Crippen LogP contribution in [0.5, 0.6) is 5.88 Å². The van der Waals surface area contributed by atoms with Gasteiger partial charge in [0.2, 0.25) is 21.9 Å². The minimum Gasteiger partial charge on any atom is -0.480 e. The molecule has 1 saturated heterocycles. The van der Waals surface area contributed by atoms with Crippen LogP contribution in [0, 0.1) is 0 Å². The number of imidazole rings is 1. The minimum absolute atomic E-state index is 0.00828. The van der Waals surface area contributed by atoms with Gasteiger partial charge in [0.1, 0.15) is 4.90 Å². The number of aromatic nitrogens is 3. The molecule has 0 atom stereocenters. The maximum atomic E-state index is 13.1. The molecule has 1 aliphatic heterocycles. The second kappa shape index (κ2) is 10.1. The zero-order valence-corrected chi connectivity index (χ0v) is 21.6. The summed E-state index contributed by atoms with van der Waals surface area (Å²) in [5.41, 5.74) is 8.75. The number of nitrogens with two attached hydrogens (primary N) is 1. The Labute approximate surface area is 206 Å². The molecule has 3 heterocycles. The third kappa shape index (κ3) is 5.92. The molecule has 0 bridgehead atoms. The van der Waals surface area contributed by atoms with Crippen molar-refractivity contribution in [1.82, 2.24) is 24.2 Å². The monoisotopic (exact) mass is 502 g/mol. The van der Waals surface area contributed by atoms with Gasteiger partial charge in [0.25, 0.3) is 0 Å². The van der Waals surface area contributed by atoms with E-state index in [4.69, 9.17) is 15.2 Å². The van der Waals surface area contributed by atoms with Crippen LogP contribution in [0.2, 0.25) is 0 Å². The Kier molecular flexibility index (Phi) is 7.32. The smallest absolute Gasteiger partial charge is 0.246 e. The predicted molar refractivity (Wildman–Crippen MR) is 136 cm³/mol. The van der Waals surface area contributed by atoms with E-state index in [0.29, 0.717) is 11.5 Å². The first-order valence-electron chi connectivity index (χ1n) is 11.7. The van der Waals surface area contributed by atoms with Crippen molar-refractivity contribution in [2.75, 3.05) is 45.7 Å². The Morgan fingerprint density at radius 2 is 1.89 bits per heavy atom. The van der Waals surface area contributed by atoms with Gasteiger partial charge in [-0.3, -0.25) is 4.90 Å². The van der Waals surface area contributed by atoms with Crippen molar-refractivity contribution in [3.8, 4) is 17.0 Å². The number of anilines is 1. The maximum absolute atomic E-state index is 13.1. The van der Waals surface area contributed by atoms with Gasteiger partial charge in [0, 0.05) is 43.5 Å². The molecule has 0 aliphatic carbocycles. The molecular weight excluding hydrogens is 468 g/mol. The number of ether oxygens (including phenoxy) is 2. The molecule has 1 aromatic carbocycles. The quantitative estimate of drug-likeness (QED) is 0.481. The van der Waals surface area contributed by atoms with Crippen LogP contribution >= 0.6 is 0 Å². The lowest BCUT2D eigenvalue weighted by Gasteiger charge is -2.26. The van der Waals surface area contributed by atoms with E-state index in [1.54, 1.807) is 33.0 Å². The van der Waals surface area contributed by atoms with Crippen molar-refractivity contribution in [3.05, 3.63) is 30.5 Å². The number of nitrogens with zero attached hydrogens (tertiary/aromatic N) is 4. The van der Waals surface area contributed by atoms with E-state index in [2.05, 4.69) is 19.6 Å². The number of aryl methyl sites for hydroxylation is 1. The number of pyridine rings is 1. The number of nitrogens with one attached hydrogen (secondary N) is 1. The lowest BCUT2D eigenvalue weighted by Crippen LogP contribution is -2.40. The highest BCUT2D eigenvalue weighted by molar-refractivity contribution is 7.89. The highest BCUT2D eigenvalue weighted by Crippen LogP contribution is 2.31. The fourth-order valence-electron chi connectivity index (χ4n) is 4.23. The van der Waals surface area contributed by atoms with Crippen LogP contribution in [0.3, 0.4) is 0 Å². The van der Waals surface area contributed by atoms with Crippen molar-refractivity contribution < 1.29 is 17.9 Å². The average molecular weight is 503 g/mol. The number of fused-ring (bicyclic) bond motifs is 1. The third-order valence-corrected chi connectivity index (χ3v) is 7.57. The van der Waals surface area contributed by atoms with Gasteiger partial charge < -0.3 is 19.8 Å². The van der Waals surface area contributed by atoms with Crippen molar-refractivity contribution in [3.63, 3.8) is 0 Å². The Bertz CT molecular complexity index is 1290. The predicted octanol–water partition coefficient (Wildman–Crippen LogP) is 2.49. The Morgan fingerprint density at radius 1 is 1.14 bits per heavy atom. The summed E-state index contributed by atoms with van der Waals surface area (Å²) < 4.78 is 41.5. The molecule has 1 fully saturated rings. The number of nitrogen functional groups attached to an aromatic ring is 1. The van der Waals surface area contributed by atoms with Crippen LogP contribution in [-0.4, -0.2) is 73.3 Å². The number of methoxy groups -OCH3 is 1. The number of hydrogen-bond donors (Lipinski definition) is 2. The van der Waals surface area contributed by atoms with Gasteiger partial charge in [0.05, 0.1) is 31.4 Å². The largest absolute Gasteiger partial charge is 0.480 e. The first kappa shape index (κ1) is 25.4. The second-order valence-electron chi connectivity index (χ2n) is 9.72. The van der Waals surface area contributed by atoms with E-state index in [-0.39, 0.29) is 10.8 Å². The molecule has 4 rings (SSSR count). The number of sulfonamides is 1. The zero-order chi connectivity index (χ0) is 25.2. The first-order valence-corrected chi connectivity index (χ1v) is 13.2. The number of rotatable bonds is 8. The van der Waals surface area contributed by atoms with Crippen molar-refractivity contribution in [2.45, 2.75) is 44.2 Å². The van der Waals surface area contributed by atoms with E-state index in [1.165, 1.54) is 7.11 Å². The number of benzene rings is 1. The first-order chi connectivity index (χ1) is 16.6. The highest BCUT2D eigenvalue weighted by atomic mass is 32.2. The van der Waals surface area contributed by atoms with Gasteiger partial charge >= 0.3 is 0 Å². The minimum atomic E-state index is -3.85. The molecule has 1 aliphatic rings. The topological polar surface area (TPSA) is 125 Å². The Morgan fingerprint density at radius 3 is 2.57 bits per heavy atom. The van der Waals surface area contributed by atoms with Gasteiger partial charge in [-0.25, -0.2) is 23.1 Å². The summed E-state index contributed by atoms with van der Waals surface area (Å²) in [6.07, 6.45) is 2.55. The molecule has 3 aromatic rings. The lowest BCUT2D eigenvalue weighted by atomic mass is 10.1. The van der Waals surface area contributed by atoms with Gasteiger partial charge in [0.15, 0.2) is 0 Å². The average Bonchev–Trinajstić information content (AvgIpc) is 3.12. The van der Waals surface area contributed by atoms with E-state index >= 15 is 0 Å². The van der Waals surface area contributed by atoms with Gasteiger partial charge in [-0.2, -0.15) is 0 Å². The summed E-state index contributed by atoms with van der Waals surface area (Å²) in [7, 11) is -2.44. The molecule has 0 unspecified atom stereocenters. The lowest BCUT2D eigenvalue weighted by molar-refractivity contribution is 0.0370. The molecule has 2 aromatic heterocycles. The summed E-state index contributed by atoms with van der Waals surface area (Å²) in [6, 6.07) is 7.35. The van der Waals surface area contributed by atoms with Crippen LogP contribution in [0.1, 0.15) is 27.2 Å². The van der Waals surface area contributed by atoms with Crippen LogP contribution in [0.25, 0.3) is 22.2 Å². The fourth-order valence-corrected chi connectivity index (χ4v) is 5.79. The SMILES string of the molecule is COc1ncc(-c2ccc3nc(N)n(CCCN4CCOCC4)c3c2)cc1S(=O)(=O)NC(C)(C)C. The normalized spacial score (nSPS) is 15.5. The van der Waals surface area contributed by atoms with Crippen molar-refractivity contribution in [1.29, 1.82) is 0 Å². The van der Waals surface area contributed by atoms with E-state index in [1.807, 2.05) is 22.8 Å². The fraction of sp³-hybridized carbons (Fsp3) is 0.500. The molecule has 35 heavy (non-hydrogen) atoms. The van der Waals surface area contributed by atoms with Crippen LogP contribution < -0.4 is 15.2 Å². The molecule has 0 amide bonds. The molecule has 3 N–H and O–H groups in total. The third-order valence-electron chi connectivity index (χ3n) is 5.81. The maximum Gasteiger partial charge on any atom is 0.246 e. The van der Waals surface area contributed by atoms with E-state index in [0.717, 1.165) is 62.4 Å². The number of morpholine rings is 1.